The second-order valence-electron chi connectivity index (χ2n) is 4.40. The Labute approximate surface area is 106 Å². The van der Waals surface area contributed by atoms with Crippen molar-refractivity contribution in [1.82, 2.24) is 9.88 Å². The lowest BCUT2D eigenvalue weighted by Crippen LogP contribution is -2.17. The molecule has 2 rings (SSSR count). The summed E-state index contributed by atoms with van der Waals surface area (Å²) < 4.78 is 0. The summed E-state index contributed by atoms with van der Waals surface area (Å²) in [5.74, 6) is -0.884. The van der Waals surface area contributed by atoms with Crippen molar-refractivity contribution in [3.63, 3.8) is 0 Å². The van der Waals surface area contributed by atoms with Gasteiger partial charge in [0.25, 0.3) is 0 Å². The predicted molar refractivity (Wildman–Crippen MR) is 69.4 cm³/mol. The van der Waals surface area contributed by atoms with Crippen LogP contribution in [0.2, 0.25) is 0 Å². The summed E-state index contributed by atoms with van der Waals surface area (Å²) in [7, 11) is 2.01. The van der Waals surface area contributed by atoms with Crippen molar-refractivity contribution < 1.29 is 9.90 Å². The Balaban J connectivity index is 2.00. The molecule has 0 fully saturated rings. The van der Waals surface area contributed by atoms with Gasteiger partial charge in [-0.25, -0.2) is 4.79 Å². The summed E-state index contributed by atoms with van der Waals surface area (Å²) in [4.78, 5) is 16.0. The van der Waals surface area contributed by atoms with Crippen LogP contribution in [0, 0.1) is 0 Å². The third-order valence-corrected chi connectivity index (χ3v) is 2.74. The SMILES string of the molecule is CN(Cc1cc[nH]c1)Cc1cccc(C(=O)O)c1. The van der Waals surface area contributed by atoms with Gasteiger partial charge in [0.15, 0.2) is 0 Å². The lowest BCUT2D eigenvalue weighted by atomic mass is 10.1. The van der Waals surface area contributed by atoms with E-state index in [0.29, 0.717) is 5.56 Å². The highest BCUT2D eigenvalue weighted by atomic mass is 16.4. The Bertz CT molecular complexity index is 520. The average molecular weight is 244 g/mol. The van der Waals surface area contributed by atoms with Crippen LogP contribution < -0.4 is 0 Å². The first kappa shape index (κ1) is 12.4. The maximum atomic E-state index is 10.9. The Hall–Kier alpha value is -2.07. The van der Waals surface area contributed by atoms with Gasteiger partial charge in [0.1, 0.15) is 0 Å². The molecule has 4 heteroatoms. The molecule has 1 aromatic heterocycles. The molecule has 2 aromatic rings. The van der Waals surface area contributed by atoms with Gasteiger partial charge in [-0.1, -0.05) is 12.1 Å². The molecule has 94 valence electrons. The molecule has 0 saturated heterocycles. The maximum Gasteiger partial charge on any atom is 0.335 e. The van der Waals surface area contributed by atoms with Crippen molar-refractivity contribution >= 4 is 5.97 Å². The van der Waals surface area contributed by atoms with Crippen molar-refractivity contribution in [2.45, 2.75) is 13.1 Å². The largest absolute Gasteiger partial charge is 0.478 e. The summed E-state index contributed by atoms with van der Waals surface area (Å²) >= 11 is 0. The van der Waals surface area contributed by atoms with Crippen molar-refractivity contribution in [2.75, 3.05) is 7.05 Å². The summed E-state index contributed by atoms with van der Waals surface area (Å²) in [6.45, 7) is 1.56. The minimum Gasteiger partial charge on any atom is -0.478 e. The molecular weight excluding hydrogens is 228 g/mol. The highest BCUT2D eigenvalue weighted by molar-refractivity contribution is 5.87. The number of carboxylic acids is 1. The molecule has 0 aliphatic heterocycles. The molecule has 0 spiro atoms. The fourth-order valence-electron chi connectivity index (χ4n) is 1.94. The first-order valence-corrected chi connectivity index (χ1v) is 5.77. The molecule has 18 heavy (non-hydrogen) atoms. The van der Waals surface area contributed by atoms with E-state index >= 15 is 0 Å². The summed E-state index contributed by atoms with van der Waals surface area (Å²) in [5, 5.41) is 8.93. The molecule has 0 aliphatic carbocycles. The fraction of sp³-hybridized carbons (Fsp3) is 0.214. The van der Waals surface area contributed by atoms with Crippen LogP contribution in [-0.4, -0.2) is 28.0 Å². The molecule has 1 aromatic carbocycles. The monoisotopic (exact) mass is 244 g/mol. The Morgan fingerprint density at radius 1 is 1.28 bits per heavy atom. The second-order valence-corrected chi connectivity index (χ2v) is 4.40. The van der Waals surface area contributed by atoms with E-state index in [4.69, 9.17) is 5.11 Å². The minimum atomic E-state index is -0.884. The van der Waals surface area contributed by atoms with Gasteiger partial charge >= 0.3 is 5.97 Å². The van der Waals surface area contributed by atoms with Gasteiger partial charge in [0.05, 0.1) is 5.56 Å². The number of carboxylic acid groups (broad SMARTS) is 1. The topological polar surface area (TPSA) is 56.3 Å². The predicted octanol–water partition coefficient (Wildman–Crippen LogP) is 2.34. The number of rotatable bonds is 5. The number of aromatic nitrogens is 1. The average Bonchev–Trinajstić information content (AvgIpc) is 2.82. The van der Waals surface area contributed by atoms with E-state index in [1.54, 1.807) is 18.2 Å². The zero-order valence-electron chi connectivity index (χ0n) is 10.3. The summed E-state index contributed by atoms with van der Waals surface area (Å²) in [6.07, 6.45) is 3.86. The van der Waals surface area contributed by atoms with Crippen LogP contribution in [0.25, 0.3) is 0 Å². The highest BCUT2D eigenvalue weighted by Gasteiger charge is 2.06. The van der Waals surface area contributed by atoms with Crippen LogP contribution >= 0.6 is 0 Å². The van der Waals surface area contributed by atoms with Crippen molar-refractivity contribution in [1.29, 1.82) is 0 Å². The van der Waals surface area contributed by atoms with E-state index in [1.165, 1.54) is 5.56 Å². The van der Waals surface area contributed by atoms with Gasteiger partial charge in [-0.2, -0.15) is 0 Å². The van der Waals surface area contributed by atoms with Gasteiger partial charge in [-0.05, 0) is 36.4 Å². The van der Waals surface area contributed by atoms with Crippen molar-refractivity contribution in [3.8, 4) is 0 Å². The quantitative estimate of drug-likeness (QED) is 0.848. The van der Waals surface area contributed by atoms with Gasteiger partial charge in [-0.15, -0.1) is 0 Å². The molecule has 2 N–H and O–H groups in total. The number of nitrogens with one attached hydrogen (secondary N) is 1. The van der Waals surface area contributed by atoms with Gasteiger partial charge < -0.3 is 10.1 Å². The fourth-order valence-corrected chi connectivity index (χ4v) is 1.94. The van der Waals surface area contributed by atoms with Crippen molar-refractivity contribution in [3.05, 3.63) is 59.4 Å². The van der Waals surface area contributed by atoms with E-state index in [1.807, 2.05) is 31.6 Å². The van der Waals surface area contributed by atoms with Crippen LogP contribution in [0.4, 0.5) is 0 Å². The van der Waals surface area contributed by atoms with Crippen LogP contribution in [0.15, 0.2) is 42.7 Å². The van der Waals surface area contributed by atoms with Gasteiger partial charge in [0, 0.05) is 25.5 Å². The number of benzene rings is 1. The second kappa shape index (κ2) is 5.51. The molecule has 0 unspecified atom stereocenters. The molecule has 4 nitrogen and oxygen atoms in total. The van der Waals surface area contributed by atoms with Gasteiger partial charge in [0.2, 0.25) is 0 Å². The van der Waals surface area contributed by atoms with Crippen LogP contribution in [0.3, 0.4) is 0 Å². The minimum absolute atomic E-state index is 0.336. The van der Waals surface area contributed by atoms with E-state index < -0.39 is 5.97 Å². The molecule has 0 radical (unpaired) electrons. The number of hydrogen-bond acceptors (Lipinski definition) is 2. The Kier molecular flexibility index (Phi) is 3.79. The maximum absolute atomic E-state index is 10.9. The van der Waals surface area contributed by atoms with Crippen LogP contribution in [0.5, 0.6) is 0 Å². The first-order chi connectivity index (χ1) is 8.65. The molecule has 0 aliphatic rings. The Morgan fingerprint density at radius 2 is 2.06 bits per heavy atom. The molecule has 0 bridgehead atoms. The summed E-state index contributed by atoms with van der Waals surface area (Å²) in [5.41, 5.74) is 2.56. The zero-order chi connectivity index (χ0) is 13.0. The zero-order valence-corrected chi connectivity index (χ0v) is 10.3. The first-order valence-electron chi connectivity index (χ1n) is 5.77. The smallest absolute Gasteiger partial charge is 0.335 e. The number of hydrogen-bond donors (Lipinski definition) is 2. The van der Waals surface area contributed by atoms with Crippen LogP contribution in [0.1, 0.15) is 21.5 Å². The van der Waals surface area contributed by atoms with E-state index in [0.717, 1.165) is 18.7 Å². The molecule has 1 heterocycles. The third-order valence-electron chi connectivity index (χ3n) is 2.74. The van der Waals surface area contributed by atoms with Crippen molar-refractivity contribution in [2.24, 2.45) is 0 Å². The number of nitrogens with zero attached hydrogens (tertiary/aromatic N) is 1. The molecule has 0 atom stereocenters. The summed E-state index contributed by atoms with van der Waals surface area (Å²) in [6, 6.07) is 9.08. The van der Waals surface area contributed by atoms with E-state index in [2.05, 4.69) is 9.88 Å². The number of aromatic amines is 1. The van der Waals surface area contributed by atoms with E-state index in [-0.39, 0.29) is 0 Å². The lowest BCUT2D eigenvalue weighted by Gasteiger charge is -2.16. The lowest BCUT2D eigenvalue weighted by molar-refractivity contribution is 0.0696. The standard InChI is InChI=1S/C14H16N2O2/c1-16(10-12-5-6-15-8-12)9-11-3-2-4-13(7-11)14(17)18/h2-8,15H,9-10H2,1H3,(H,17,18). The molecule has 0 saturated carbocycles. The number of H-pyrrole nitrogens is 1. The highest BCUT2D eigenvalue weighted by Crippen LogP contribution is 2.10. The Morgan fingerprint density at radius 3 is 2.72 bits per heavy atom. The van der Waals surface area contributed by atoms with Crippen LogP contribution in [-0.2, 0) is 13.1 Å². The molecular formula is C14H16N2O2. The van der Waals surface area contributed by atoms with Gasteiger partial charge in [-0.3, -0.25) is 4.90 Å². The molecule has 0 amide bonds. The normalized spacial score (nSPS) is 10.8. The third kappa shape index (κ3) is 3.21. The number of carbonyl (C=O) groups is 1. The van der Waals surface area contributed by atoms with E-state index in [9.17, 15) is 4.79 Å². The number of aromatic carboxylic acids is 1.